The minimum Gasteiger partial charge on any atom is -0.496 e. The Labute approximate surface area is 196 Å². The summed E-state index contributed by atoms with van der Waals surface area (Å²) in [6.07, 6.45) is 0. The molecule has 1 unspecified atom stereocenters. The quantitative estimate of drug-likeness (QED) is 0.229. The van der Waals surface area contributed by atoms with Crippen LogP contribution in [0.4, 0.5) is 0 Å². The Morgan fingerprint density at radius 1 is 1.23 bits per heavy atom. The zero-order chi connectivity index (χ0) is 21.2. The van der Waals surface area contributed by atoms with Crippen molar-refractivity contribution in [3.05, 3.63) is 29.3 Å². The van der Waals surface area contributed by atoms with Gasteiger partial charge in [-0.05, 0) is 23.6 Å². The average Bonchev–Trinajstić information content (AvgIpc) is 2.75. The summed E-state index contributed by atoms with van der Waals surface area (Å²) in [7, 11) is 4.64. The van der Waals surface area contributed by atoms with E-state index in [1.54, 1.807) is 19.2 Å². The minimum absolute atomic E-state index is 0. The highest BCUT2D eigenvalue weighted by Crippen LogP contribution is 2.20. The number of rotatable bonds is 8. The van der Waals surface area contributed by atoms with Crippen molar-refractivity contribution in [3.8, 4) is 5.75 Å². The Bertz CT molecular complexity index is 694. The largest absolute Gasteiger partial charge is 0.496 e. The Hall–Kier alpha value is -1.59. The molecular weight excluding hydrogens is 499 g/mol. The number of benzene rings is 1. The summed E-state index contributed by atoms with van der Waals surface area (Å²) >= 11 is 0. The molecule has 30 heavy (non-hydrogen) atoms. The van der Waals surface area contributed by atoms with Crippen molar-refractivity contribution in [2.45, 2.75) is 26.4 Å². The van der Waals surface area contributed by atoms with E-state index in [0.717, 1.165) is 44.4 Å². The summed E-state index contributed by atoms with van der Waals surface area (Å²) < 4.78 is 15.6. The first-order valence-electron chi connectivity index (χ1n) is 10.0. The average molecular weight is 534 g/mol. The Kier molecular flexibility index (Phi) is 12.0. The van der Waals surface area contributed by atoms with Gasteiger partial charge in [-0.3, -0.25) is 9.89 Å². The molecule has 1 aliphatic rings. The van der Waals surface area contributed by atoms with Gasteiger partial charge in [0, 0.05) is 39.3 Å². The van der Waals surface area contributed by atoms with Crippen LogP contribution in [0.15, 0.2) is 23.2 Å². The third-order valence-corrected chi connectivity index (χ3v) is 5.12. The lowest BCUT2D eigenvalue weighted by molar-refractivity contribution is 0.00752. The number of nitrogens with zero attached hydrogens (tertiary/aromatic N) is 2. The third-order valence-electron chi connectivity index (χ3n) is 5.12. The van der Waals surface area contributed by atoms with E-state index in [0.29, 0.717) is 29.8 Å². The first kappa shape index (κ1) is 26.4. The standard InChI is InChI=1S/C21H34N4O4.HI/c1-15(2)18(25-8-10-29-11-9-25)14-24-21(22-3)23-13-16-6-7-19(27-4)17(12-16)20(26)28-5;/h6-7,12,15,18H,8-11,13-14H2,1-5H3,(H2,22,23,24);1H. The lowest BCUT2D eigenvalue weighted by Gasteiger charge is -2.37. The zero-order valence-corrected chi connectivity index (χ0v) is 20.9. The van der Waals surface area contributed by atoms with Crippen molar-refractivity contribution in [2.75, 3.05) is 54.1 Å². The van der Waals surface area contributed by atoms with E-state index < -0.39 is 5.97 Å². The maximum atomic E-state index is 12.0. The number of aliphatic imine (C=N–C) groups is 1. The van der Waals surface area contributed by atoms with Crippen LogP contribution in [0.1, 0.15) is 29.8 Å². The Morgan fingerprint density at radius 2 is 1.93 bits per heavy atom. The molecule has 9 heteroatoms. The number of morpholine rings is 1. The molecule has 2 N–H and O–H groups in total. The lowest BCUT2D eigenvalue weighted by Crippen LogP contribution is -2.52. The van der Waals surface area contributed by atoms with E-state index in [-0.39, 0.29) is 24.0 Å². The topological polar surface area (TPSA) is 84.4 Å². The summed E-state index contributed by atoms with van der Waals surface area (Å²) in [5.74, 6) is 1.31. The van der Waals surface area contributed by atoms with E-state index in [2.05, 4.69) is 34.4 Å². The van der Waals surface area contributed by atoms with Gasteiger partial charge in [-0.2, -0.15) is 0 Å². The van der Waals surface area contributed by atoms with Gasteiger partial charge in [-0.15, -0.1) is 24.0 Å². The predicted octanol–water partition coefficient (Wildman–Crippen LogP) is 2.12. The molecule has 1 aromatic rings. The summed E-state index contributed by atoms with van der Waals surface area (Å²) in [5, 5.41) is 6.74. The molecule has 1 atom stereocenters. The molecule has 0 amide bonds. The number of carbonyl (C=O) groups excluding carboxylic acids is 1. The second-order valence-electron chi connectivity index (χ2n) is 7.29. The van der Waals surface area contributed by atoms with Crippen LogP contribution in [0.5, 0.6) is 5.75 Å². The molecule has 0 spiro atoms. The van der Waals surface area contributed by atoms with Gasteiger partial charge < -0.3 is 24.8 Å². The van der Waals surface area contributed by atoms with Gasteiger partial charge in [0.25, 0.3) is 0 Å². The summed E-state index contributed by atoms with van der Waals surface area (Å²) in [5.41, 5.74) is 1.34. The SMILES string of the molecule is CN=C(NCc1ccc(OC)c(C(=O)OC)c1)NCC(C(C)C)N1CCOCC1.I. The highest BCUT2D eigenvalue weighted by molar-refractivity contribution is 14.0. The fraction of sp³-hybridized carbons (Fsp3) is 0.619. The van der Waals surface area contributed by atoms with E-state index in [1.165, 1.54) is 14.2 Å². The maximum Gasteiger partial charge on any atom is 0.341 e. The molecular formula is C21H35IN4O4. The second-order valence-corrected chi connectivity index (χ2v) is 7.29. The smallest absolute Gasteiger partial charge is 0.341 e. The molecule has 2 rings (SSSR count). The number of guanidine groups is 1. The molecule has 0 aromatic heterocycles. The first-order chi connectivity index (χ1) is 14.0. The molecule has 0 saturated carbocycles. The van der Waals surface area contributed by atoms with Crippen LogP contribution in [0.2, 0.25) is 0 Å². The molecule has 0 bridgehead atoms. The molecule has 1 aliphatic heterocycles. The maximum absolute atomic E-state index is 12.0. The predicted molar refractivity (Wildman–Crippen MR) is 129 cm³/mol. The van der Waals surface area contributed by atoms with Crippen LogP contribution in [0.3, 0.4) is 0 Å². The van der Waals surface area contributed by atoms with Crippen molar-refractivity contribution in [1.82, 2.24) is 15.5 Å². The van der Waals surface area contributed by atoms with Crippen LogP contribution in [-0.4, -0.2) is 77.0 Å². The van der Waals surface area contributed by atoms with Crippen molar-refractivity contribution in [2.24, 2.45) is 10.9 Å². The Morgan fingerprint density at radius 3 is 2.50 bits per heavy atom. The molecule has 0 aliphatic carbocycles. The van der Waals surface area contributed by atoms with E-state index in [1.807, 2.05) is 6.07 Å². The first-order valence-corrected chi connectivity index (χ1v) is 10.0. The fourth-order valence-corrected chi connectivity index (χ4v) is 3.44. The van der Waals surface area contributed by atoms with Gasteiger partial charge in [0.05, 0.1) is 27.4 Å². The van der Waals surface area contributed by atoms with Crippen molar-refractivity contribution < 1.29 is 19.0 Å². The van der Waals surface area contributed by atoms with E-state index in [4.69, 9.17) is 14.2 Å². The van der Waals surface area contributed by atoms with Crippen molar-refractivity contribution >= 4 is 35.9 Å². The summed E-state index contributed by atoms with van der Waals surface area (Å²) in [6, 6.07) is 5.86. The number of halogens is 1. The number of methoxy groups -OCH3 is 2. The van der Waals surface area contributed by atoms with Gasteiger partial charge in [-0.1, -0.05) is 19.9 Å². The number of hydrogen-bond acceptors (Lipinski definition) is 6. The number of esters is 1. The van der Waals surface area contributed by atoms with Gasteiger partial charge in [0.15, 0.2) is 5.96 Å². The Balaban J connectivity index is 0.00000450. The van der Waals surface area contributed by atoms with Crippen LogP contribution in [0, 0.1) is 5.92 Å². The van der Waals surface area contributed by atoms with Crippen LogP contribution >= 0.6 is 24.0 Å². The highest BCUT2D eigenvalue weighted by Gasteiger charge is 2.24. The van der Waals surface area contributed by atoms with Crippen LogP contribution in [0.25, 0.3) is 0 Å². The normalized spacial score (nSPS) is 15.9. The number of carbonyl (C=O) groups is 1. The summed E-state index contributed by atoms with van der Waals surface area (Å²) in [4.78, 5) is 18.8. The van der Waals surface area contributed by atoms with Gasteiger partial charge in [0.2, 0.25) is 0 Å². The molecule has 8 nitrogen and oxygen atoms in total. The number of hydrogen-bond donors (Lipinski definition) is 2. The van der Waals surface area contributed by atoms with E-state index >= 15 is 0 Å². The molecule has 0 radical (unpaired) electrons. The monoisotopic (exact) mass is 534 g/mol. The minimum atomic E-state index is -0.420. The fourth-order valence-electron chi connectivity index (χ4n) is 3.44. The molecule has 1 heterocycles. The van der Waals surface area contributed by atoms with Crippen LogP contribution < -0.4 is 15.4 Å². The van der Waals surface area contributed by atoms with Gasteiger partial charge in [-0.25, -0.2) is 4.79 Å². The third kappa shape index (κ3) is 7.59. The molecule has 170 valence electrons. The number of ether oxygens (including phenoxy) is 3. The van der Waals surface area contributed by atoms with Gasteiger partial charge in [0.1, 0.15) is 11.3 Å². The van der Waals surface area contributed by atoms with Gasteiger partial charge >= 0.3 is 5.97 Å². The summed E-state index contributed by atoms with van der Waals surface area (Å²) in [6.45, 7) is 9.29. The molecule has 1 saturated heterocycles. The second kappa shape index (κ2) is 13.7. The van der Waals surface area contributed by atoms with Crippen molar-refractivity contribution in [1.29, 1.82) is 0 Å². The van der Waals surface area contributed by atoms with Crippen molar-refractivity contribution in [3.63, 3.8) is 0 Å². The highest BCUT2D eigenvalue weighted by atomic mass is 127. The van der Waals surface area contributed by atoms with Crippen LogP contribution in [-0.2, 0) is 16.0 Å². The number of nitrogens with one attached hydrogen (secondary N) is 2. The molecule has 1 aromatic carbocycles. The van der Waals surface area contributed by atoms with E-state index in [9.17, 15) is 4.79 Å². The lowest BCUT2D eigenvalue weighted by atomic mass is 10.0. The molecule has 1 fully saturated rings. The zero-order valence-electron chi connectivity index (χ0n) is 18.6.